The van der Waals surface area contributed by atoms with Gasteiger partial charge in [-0.2, -0.15) is 0 Å². The summed E-state index contributed by atoms with van der Waals surface area (Å²) in [5.74, 6) is 5.57. The third-order valence-electron chi connectivity index (χ3n) is 2.54. The topological polar surface area (TPSA) is 63.8 Å². The summed E-state index contributed by atoms with van der Waals surface area (Å²) in [5.41, 5.74) is 5.13. The lowest BCUT2D eigenvalue weighted by Gasteiger charge is -2.16. The van der Waals surface area contributed by atoms with Crippen molar-refractivity contribution in [3.05, 3.63) is 57.6 Å². The molecule has 2 aromatic heterocycles. The third kappa shape index (κ3) is 2.79. The maximum Gasteiger partial charge on any atom is 0.0911 e. The van der Waals surface area contributed by atoms with Gasteiger partial charge in [0.2, 0.25) is 0 Å². The van der Waals surface area contributed by atoms with Gasteiger partial charge in [-0.05, 0) is 24.6 Å². The van der Waals surface area contributed by atoms with Gasteiger partial charge in [0.25, 0.3) is 0 Å². The Morgan fingerprint density at radius 3 is 2.56 bits per heavy atom. The zero-order valence-electron chi connectivity index (χ0n) is 9.69. The normalized spacial score (nSPS) is 12.4. The number of aromatic nitrogens is 2. The van der Waals surface area contributed by atoms with Gasteiger partial charge in [0, 0.05) is 18.1 Å². The molecule has 0 fully saturated rings. The molecule has 0 amide bonds. The van der Waals surface area contributed by atoms with Crippen LogP contribution >= 0.6 is 23.2 Å². The molecule has 0 aliphatic heterocycles. The van der Waals surface area contributed by atoms with E-state index in [-0.39, 0.29) is 6.04 Å². The lowest BCUT2D eigenvalue weighted by molar-refractivity contribution is 0.618. The Morgan fingerprint density at radius 1 is 1.22 bits per heavy atom. The van der Waals surface area contributed by atoms with Crippen molar-refractivity contribution in [2.45, 2.75) is 13.0 Å². The maximum absolute atomic E-state index is 6.12. The van der Waals surface area contributed by atoms with Gasteiger partial charge in [0.05, 0.1) is 21.8 Å². The van der Waals surface area contributed by atoms with Crippen molar-refractivity contribution in [1.82, 2.24) is 15.4 Å². The first kappa shape index (κ1) is 13.2. The number of hydrogen-bond acceptors (Lipinski definition) is 4. The summed E-state index contributed by atoms with van der Waals surface area (Å²) in [6, 6.07) is 5.16. The van der Waals surface area contributed by atoms with E-state index in [0.717, 1.165) is 11.3 Å². The zero-order valence-corrected chi connectivity index (χ0v) is 11.2. The molecule has 0 aliphatic rings. The van der Waals surface area contributed by atoms with Crippen LogP contribution in [0.3, 0.4) is 0 Å². The van der Waals surface area contributed by atoms with Crippen LogP contribution in [0.15, 0.2) is 30.6 Å². The molecule has 1 unspecified atom stereocenters. The van der Waals surface area contributed by atoms with Crippen molar-refractivity contribution in [3.8, 4) is 0 Å². The van der Waals surface area contributed by atoms with Gasteiger partial charge < -0.3 is 0 Å². The number of nitrogens with two attached hydrogens (primary N) is 1. The molecule has 2 heterocycles. The van der Waals surface area contributed by atoms with E-state index in [0.29, 0.717) is 15.7 Å². The van der Waals surface area contributed by atoms with E-state index in [1.165, 1.54) is 6.20 Å². The van der Waals surface area contributed by atoms with Crippen LogP contribution in [-0.2, 0) is 0 Å². The van der Waals surface area contributed by atoms with Gasteiger partial charge in [0.15, 0.2) is 0 Å². The second-order valence-electron chi connectivity index (χ2n) is 3.85. The number of pyridine rings is 2. The summed E-state index contributed by atoms with van der Waals surface area (Å²) in [4.78, 5) is 8.44. The number of aryl methyl sites for hydroxylation is 1. The minimum atomic E-state index is -0.317. The van der Waals surface area contributed by atoms with Crippen LogP contribution in [0.5, 0.6) is 0 Å². The molecule has 1 atom stereocenters. The molecule has 2 aromatic rings. The highest BCUT2D eigenvalue weighted by molar-refractivity contribution is 6.34. The van der Waals surface area contributed by atoms with E-state index in [1.54, 1.807) is 12.3 Å². The molecule has 0 aromatic carbocycles. The van der Waals surface area contributed by atoms with Crippen LogP contribution in [0.4, 0.5) is 0 Å². The number of nitrogens with zero attached hydrogens (tertiary/aromatic N) is 2. The van der Waals surface area contributed by atoms with Gasteiger partial charge in [-0.3, -0.25) is 15.8 Å². The number of hydrazine groups is 1. The van der Waals surface area contributed by atoms with Gasteiger partial charge >= 0.3 is 0 Å². The fraction of sp³-hybridized carbons (Fsp3) is 0.167. The molecule has 0 aliphatic carbocycles. The summed E-state index contributed by atoms with van der Waals surface area (Å²) >= 11 is 11.9. The number of rotatable bonds is 3. The van der Waals surface area contributed by atoms with Gasteiger partial charge in [0.1, 0.15) is 0 Å². The molecule has 0 bridgehead atoms. The van der Waals surface area contributed by atoms with Crippen LogP contribution < -0.4 is 11.3 Å². The quantitative estimate of drug-likeness (QED) is 0.671. The average Bonchev–Trinajstić information content (AvgIpc) is 2.35. The van der Waals surface area contributed by atoms with Crippen molar-refractivity contribution in [2.24, 2.45) is 5.84 Å². The Bertz CT molecular complexity index is 542. The highest BCUT2D eigenvalue weighted by atomic mass is 35.5. The Hall–Kier alpha value is -1.20. The Kier molecular flexibility index (Phi) is 4.14. The number of nitrogens with one attached hydrogen (secondary N) is 1. The molecule has 94 valence electrons. The van der Waals surface area contributed by atoms with E-state index in [1.807, 2.05) is 19.1 Å². The standard InChI is InChI=1S/C12H12Cl2N4/c1-7-2-3-8(5-16-7)11(18-15)12-10(14)4-9(13)6-17-12/h2-6,11,18H,15H2,1H3. The van der Waals surface area contributed by atoms with Crippen molar-refractivity contribution in [2.75, 3.05) is 0 Å². The molecule has 0 saturated heterocycles. The van der Waals surface area contributed by atoms with Crippen molar-refractivity contribution < 1.29 is 0 Å². The second kappa shape index (κ2) is 5.63. The molecule has 18 heavy (non-hydrogen) atoms. The van der Waals surface area contributed by atoms with Crippen LogP contribution in [0.2, 0.25) is 10.0 Å². The van der Waals surface area contributed by atoms with E-state index in [2.05, 4.69) is 15.4 Å². The Labute approximate surface area is 115 Å². The van der Waals surface area contributed by atoms with Gasteiger partial charge in [-0.25, -0.2) is 5.43 Å². The fourth-order valence-corrected chi connectivity index (χ4v) is 2.11. The first-order chi connectivity index (χ1) is 8.61. The molecule has 0 radical (unpaired) electrons. The lowest BCUT2D eigenvalue weighted by atomic mass is 10.1. The summed E-state index contributed by atoms with van der Waals surface area (Å²) in [7, 11) is 0. The van der Waals surface area contributed by atoms with Crippen molar-refractivity contribution in [1.29, 1.82) is 0 Å². The molecule has 4 nitrogen and oxygen atoms in total. The molecular formula is C12H12Cl2N4. The fourth-order valence-electron chi connectivity index (χ4n) is 1.62. The molecule has 6 heteroatoms. The summed E-state index contributed by atoms with van der Waals surface area (Å²) in [6.45, 7) is 1.92. The smallest absolute Gasteiger partial charge is 0.0911 e. The molecule has 2 rings (SSSR count). The molecule has 3 N–H and O–H groups in total. The Balaban J connectivity index is 2.41. The predicted molar refractivity (Wildman–Crippen MR) is 72.4 cm³/mol. The SMILES string of the molecule is Cc1ccc(C(NN)c2ncc(Cl)cc2Cl)cn1. The summed E-state index contributed by atoms with van der Waals surface area (Å²) < 4.78 is 0. The maximum atomic E-state index is 6.12. The molecule has 0 saturated carbocycles. The van der Waals surface area contributed by atoms with Gasteiger partial charge in [-0.1, -0.05) is 29.3 Å². The molecular weight excluding hydrogens is 271 g/mol. The second-order valence-corrected chi connectivity index (χ2v) is 4.70. The number of halogens is 2. The van der Waals surface area contributed by atoms with Crippen molar-refractivity contribution in [3.63, 3.8) is 0 Å². The minimum Gasteiger partial charge on any atom is -0.271 e. The Morgan fingerprint density at radius 2 is 2.00 bits per heavy atom. The first-order valence-corrected chi connectivity index (χ1v) is 6.07. The highest BCUT2D eigenvalue weighted by Gasteiger charge is 2.17. The van der Waals surface area contributed by atoms with Crippen LogP contribution in [-0.4, -0.2) is 9.97 Å². The number of hydrogen-bond donors (Lipinski definition) is 2. The average molecular weight is 283 g/mol. The summed E-state index contributed by atoms with van der Waals surface area (Å²) in [5, 5.41) is 0.951. The molecule has 0 spiro atoms. The van der Waals surface area contributed by atoms with Crippen LogP contribution in [0.25, 0.3) is 0 Å². The zero-order chi connectivity index (χ0) is 13.1. The van der Waals surface area contributed by atoms with Crippen LogP contribution in [0, 0.1) is 6.92 Å². The highest BCUT2D eigenvalue weighted by Crippen LogP contribution is 2.27. The van der Waals surface area contributed by atoms with E-state index >= 15 is 0 Å². The minimum absolute atomic E-state index is 0.317. The summed E-state index contributed by atoms with van der Waals surface area (Å²) in [6.07, 6.45) is 3.28. The van der Waals surface area contributed by atoms with E-state index in [4.69, 9.17) is 29.0 Å². The van der Waals surface area contributed by atoms with Crippen molar-refractivity contribution >= 4 is 23.2 Å². The monoisotopic (exact) mass is 282 g/mol. The van der Waals surface area contributed by atoms with E-state index < -0.39 is 0 Å². The van der Waals surface area contributed by atoms with Crippen LogP contribution in [0.1, 0.15) is 23.0 Å². The largest absolute Gasteiger partial charge is 0.271 e. The first-order valence-electron chi connectivity index (χ1n) is 5.31. The van der Waals surface area contributed by atoms with E-state index in [9.17, 15) is 0 Å². The lowest BCUT2D eigenvalue weighted by Crippen LogP contribution is -2.29. The predicted octanol–water partition coefficient (Wildman–Crippen LogP) is 2.64. The van der Waals surface area contributed by atoms with Gasteiger partial charge in [-0.15, -0.1) is 0 Å². The third-order valence-corrected chi connectivity index (χ3v) is 3.05.